The lowest BCUT2D eigenvalue weighted by molar-refractivity contribution is 0.0603. The van der Waals surface area contributed by atoms with Gasteiger partial charge in [0.25, 0.3) is 0 Å². The lowest BCUT2D eigenvalue weighted by atomic mass is 9.71. The molecule has 4 atom stereocenters. The molecule has 0 radical (unpaired) electrons. The summed E-state index contributed by atoms with van der Waals surface area (Å²) in [6, 6.07) is 0.634. The first-order chi connectivity index (χ1) is 8.95. The molecule has 19 heavy (non-hydrogen) atoms. The highest BCUT2D eigenvalue weighted by atomic mass is 15.2. The van der Waals surface area contributed by atoms with Gasteiger partial charge in [-0.1, -0.05) is 33.6 Å². The molecule has 0 amide bonds. The number of hydrogen-bond acceptors (Lipinski definition) is 2. The van der Waals surface area contributed by atoms with Crippen LogP contribution in [0, 0.1) is 11.8 Å². The van der Waals surface area contributed by atoms with E-state index in [9.17, 15) is 0 Å². The summed E-state index contributed by atoms with van der Waals surface area (Å²) in [5, 5.41) is 3.89. The molecule has 0 aromatic carbocycles. The van der Waals surface area contributed by atoms with Gasteiger partial charge in [0.2, 0.25) is 0 Å². The van der Waals surface area contributed by atoms with Gasteiger partial charge in [-0.3, -0.25) is 0 Å². The zero-order valence-electron chi connectivity index (χ0n) is 14.1. The van der Waals surface area contributed by atoms with Crippen LogP contribution >= 0.6 is 0 Å². The molecule has 0 spiro atoms. The smallest absolute Gasteiger partial charge is 0.0328 e. The molecule has 1 N–H and O–H groups in total. The minimum atomic E-state index is 0.275. The lowest BCUT2D eigenvalue weighted by Gasteiger charge is -2.48. The maximum Gasteiger partial charge on any atom is 0.0328 e. The van der Waals surface area contributed by atoms with Crippen LogP contribution < -0.4 is 5.32 Å². The van der Waals surface area contributed by atoms with Crippen molar-refractivity contribution in [1.29, 1.82) is 0 Å². The predicted octanol–water partition coefficient (Wildman–Crippen LogP) is 3.91. The van der Waals surface area contributed by atoms with Crippen molar-refractivity contribution in [2.45, 2.75) is 77.8 Å². The zero-order valence-corrected chi connectivity index (χ0v) is 14.1. The van der Waals surface area contributed by atoms with Gasteiger partial charge in [-0.15, -0.1) is 0 Å². The van der Waals surface area contributed by atoms with Gasteiger partial charge < -0.3 is 10.2 Å². The molecule has 1 saturated carbocycles. The average Bonchev–Trinajstić information content (AvgIpc) is 2.38. The number of hydrogen-bond donors (Lipinski definition) is 1. The van der Waals surface area contributed by atoms with Gasteiger partial charge in [-0.25, -0.2) is 0 Å². The van der Waals surface area contributed by atoms with Crippen LogP contribution in [-0.4, -0.2) is 37.1 Å². The Morgan fingerprint density at radius 2 is 1.95 bits per heavy atom. The van der Waals surface area contributed by atoms with Crippen LogP contribution in [0.4, 0.5) is 0 Å². The van der Waals surface area contributed by atoms with Crippen molar-refractivity contribution >= 4 is 0 Å². The SMILES string of the molecule is CCCNC(C1CCCC(C)C1)C(C)(CC)N(C)C. The van der Waals surface area contributed by atoms with Gasteiger partial charge in [-0.2, -0.15) is 0 Å². The molecule has 0 aliphatic heterocycles. The Labute approximate surface area is 121 Å². The third kappa shape index (κ3) is 4.19. The fourth-order valence-corrected chi connectivity index (χ4v) is 3.79. The molecule has 0 aromatic heterocycles. The second-order valence-electron chi connectivity index (χ2n) is 7.07. The third-order valence-corrected chi connectivity index (χ3v) is 5.47. The third-order valence-electron chi connectivity index (χ3n) is 5.47. The fourth-order valence-electron chi connectivity index (χ4n) is 3.79. The topological polar surface area (TPSA) is 15.3 Å². The Balaban J connectivity index is 2.85. The first-order valence-corrected chi connectivity index (χ1v) is 8.36. The summed E-state index contributed by atoms with van der Waals surface area (Å²) in [6.07, 6.45) is 8.11. The molecule has 1 rings (SSSR count). The normalized spacial score (nSPS) is 29.2. The molecule has 1 fully saturated rings. The summed E-state index contributed by atoms with van der Waals surface area (Å²) in [5.41, 5.74) is 0.275. The van der Waals surface area contributed by atoms with E-state index in [0.29, 0.717) is 6.04 Å². The first kappa shape index (κ1) is 17.0. The molecule has 1 aliphatic carbocycles. The molecule has 1 aliphatic rings. The van der Waals surface area contributed by atoms with Crippen LogP contribution in [-0.2, 0) is 0 Å². The van der Waals surface area contributed by atoms with Crippen molar-refractivity contribution in [3.63, 3.8) is 0 Å². The lowest BCUT2D eigenvalue weighted by Crippen LogP contribution is -2.60. The highest BCUT2D eigenvalue weighted by molar-refractivity contribution is 4.99. The van der Waals surface area contributed by atoms with Crippen molar-refractivity contribution in [1.82, 2.24) is 10.2 Å². The van der Waals surface area contributed by atoms with Gasteiger partial charge in [0.05, 0.1) is 0 Å². The average molecular weight is 268 g/mol. The number of rotatable bonds is 7. The second-order valence-corrected chi connectivity index (χ2v) is 7.07. The summed E-state index contributed by atoms with van der Waals surface area (Å²) in [7, 11) is 4.49. The molecule has 2 nitrogen and oxygen atoms in total. The minimum Gasteiger partial charge on any atom is -0.312 e. The van der Waals surface area contributed by atoms with E-state index in [0.717, 1.165) is 18.4 Å². The highest BCUT2D eigenvalue weighted by Gasteiger charge is 2.40. The van der Waals surface area contributed by atoms with Crippen LogP contribution in [0.1, 0.15) is 66.2 Å². The molecule has 0 bridgehead atoms. The molecule has 0 aromatic rings. The number of nitrogens with zero attached hydrogens (tertiary/aromatic N) is 1. The first-order valence-electron chi connectivity index (χ1n) is 8.36. The Kier molecular flexibility index (Phi) is 6.82. The zero-order chi connectivity index (χ0) is 14.5. The van der Waals surface area contributed by atoms with Crippen molar-refractivity contribution in [3.8, 4) is 0 Å². The van der Waals surface area contributed by atoms with Crippen LogP contribution in [0.3, 0.4) is 0 Å². The van der Waals surface area contributed by atoms with E-state index in [1.165, 1.54) is 38.5 Å². The van der Waals surface area contributed by atoms with Gasteiger partial charge in [-0.05, 0) is 65.1 Å². The second kappa shape index (κ2) is 7.64. The van der Waals surface area contributed by atoms with E-state index in [-0.39, 0.29) is 5.54 Å². The van der Waals surface area contributed by atoms with E-state index < -0.39 is 0 Å². The van der Waals surface area contributed by atoms with E-state index >= 15 is 0 Å². The maximum absolute atomic E-state index is 3.89. The fraction of sp³-hybridized carbons (Fsp3) is 1.00. The molecule has 0 heterocycles. The van der Waals surface area contributed by atoms with E-state index in [1.54, 1.807) is 0 Å². The van der Waals surface area contributed by atoms with Crippen molar-refractivity contribution in [2.24, 2.45) is 11.8 Å². The molecule has 2 heteroatoms. The Morgan fingerprint density at radius 1 is 1.26 bits per heavy atom. The standard InChI is InChI=1S/C17H36N2/c1-7-12-18-16(17(4,8-2)19(5)6)15-11-9-10-14(3)13-15/h14-16,18H,7-13H2,1-6H3. The van der Waals surface area contributed by atoms with E-state index in [4.69, 9.17) is 0 Å². The minimum absolute atomic E-state index is 0.275. The predicted molar refractivity (Wildman–Crippen MR) is 85.6 cm³/mol. The Hall–Kier alpha value is -0.0800. The van der Waals surface area contributed by atoms with Crippen LogP contribution in [0.25, 0.3) is 0 Å². The van der Waals surface area contributed by atoms with Gasteiger partial charge in [0.15, 0.2) is 0 Å². The quantitative estimate of drug-likeness (QED) is 0.753. The molecule has 4 unspecified atom stereocenters. The van der Waals surface area contributed by atoms with E-state index in [2.05, 4.69) is 52.0 Å². The maximum atomic E-state index is 3.89. The van der Waals surface area contributed by atoms with Crippen molar-refractivity contribution < 1.29 is 0 Å². The summed E-state index contributed by atoms with van der Waals surface area (Å²) < 4.78 is 0. The Bertz CT molecular complexity index is 252. The molecular weight excluding hydrogens is 232 g/mol. The summed E-state index contributed by atoms with van der Waals surface area (Å²) in [6.45, 7) is 10.6. The van der Waals surface area contributed by atoms with Crippen molar-refractivity contribution in [2.75, 3.05) is 20.6 Å². The molecule has 114 valence electrons. The van der Waals surface area contributed by atoms with Crippen LogP contribution in [0.2, 0.25) is 0 Å². The molecular formula is C17H36N2. The van der Waals surface area contributed by atoms with Crippen LogP contribution in [0.5, 0.6) is 0 Å². The number of likely N-dealkylation sites (N-methyl/N-ethyl adjacent to an activating group) is 1. The highest BCUT2D eigenvalue weighted by Crippen LogP contribution is 2.36. The Morgan fingerprint density at radius 3 is 2.42 bits per heavy atom. The van der Waals surface area contributed by atoms with E-state index in [1.807, 2.05) is 0 Å². The summed E-state index contributed by atoms with van der Waals surface area (Å²) in [4.78, 5) is 2.44. The monoisotopic (exact) mass is 268 g/mol. The largest absolute Gasteiger partial charge is 0.312 e. The van der Waals surface area contributed by atoms with Crippen molar-refractivity contribution in [3.05, 3.63) is 0 Å². The summed E-state index contributed by atoms with van der Waals surface area (Å²) in [5.74, 6) is 1.76. The van der Waals surface area contributed by atoms with Gasteiger partial charge in [0.1, 0.15) is 0 Å². The van der Waals surface area contributed by atoms with Crippen LogP contribution in [0.15, 0.2) is 0 Å². The molecule has 0 saturated heterocycles. The van der Waals surface area contributed by atoms with Gasteiger partial charge >= 0.3 is 0 Å². The van der Waals surface area contributed by atoms with Gasteiger partial charge in [0, 0.05) is 11.6 Å². The number of nitrogens with one attached hydrogen (secondary N) is 1. The summed E-state index contributed by atoms with van der Waals surface area (Å²) >= 11 is 0.